The van der Waals surface area contributed by atoms with E-state index in [1.807, 2.05) is 12.1 Å². The first-order valence-corrected chi connectivity index (χ1v) is 10.2. The number of rotatable bonds is 5. The van der Waals surface area contributed by atoms with Crippen LogP contribution in [0.4, 0.5) is 0 Å². The van der Waals surface area contributed by atoms with Gasteiger partial charge in [-0.15, -0.1) is 11.3 Å². The zero-order chi connectivity index (χ0) is 17.2. The first kappa shape index (κ1) is 17.4. The van der Waals surface area contributed by atoms with Crippen molar-refractivity contribution < 1.29 is 13.2 Å². The Kier molecular flexibility index (Phi) is 5.24. The van der Waals surface area contributed by atoms with Gasteiger partial charge in [0.1, 0.15) is 9.96 Å². The highest BCUT2D eigenvalue weighted by Crippen LogP contribution is 2.24. The van der Waals surface area contributed by atoms with Crippen molar-refractivity contribution in [3.63, 3.8) is 0 Å². The summed E-state index contributed by atoms with van der Waals surface area (Å²) in [6.45, 7) is 5.33. The number of sulfonamides is 1. The first-order valence-electron chi connectivity index (χ1n) is 7.90. The van der Waals surface area contributed by atoms with Crippen molar-refractivity contribution in [2.24, 2.45) is 0 Å². The highest BCUT2D eigenvalue weighted by molar-refractivity contribution is 7.91. The van der Waals surface area contributed by atoms with Crippen LogP contribution in [0.25, 0.3) is 0 Å². The van der Waals surface area contributed by atoms with Crippen LogP contribution in [-0.2, 0) is 16.6 Å². The standard InChI is InChI=1S/C17H22N2O3S2/c1-14-5-6-16(22-2)15(12-14)13-18-7-9-19(10-8-18)24(20,21)17-4-3-11-23-17/h3-6,11-12H,7-10,13H2,1-2H3. The molecule has 5 nitrogen and oxygen atoms in total. The number of methoxy groups -OCH3 is 1. The van der Waals surface area contributed by atoms with Crippen LogP contribution in [0.2, 0.25) is 0 Å². The predicted octanol–water partition coefficient (Wildman–Crippen LogP) is 2.57. The van der Waals surface area contributed by atoms with Crippen molar-refractivity contribution in [1.29, 1.82) is 0 Å². The maximum Gasteiger partial charge on any atom is 0.252 e. The van der Waals surface area contributed by atoms with E-state index in [0.29, 0.717) is 17.3 Å². The van der Waals surface area contributed by atoms with Gasteiger partial charge in [0.2, 0.25) is 0 Å². The summed E-state index contributed by atoms with van der Waals surface area (Å²) in [7, 11) is -1.65. The molecule has 0 bridgehead atoms. The van der Waals surface area contributed by atoms with Crippen LogP contribution in [0.3, 0.4) is 0 Å². The van der Waals surface area contributed by atoms with E-state index in [9.17, 15) is 8.42 Å². The number of piperazine rings is 1. The van der Waals surface area contributed by atoms with E-state index in [1.165, 1.54) is 16.9 Å². The van der Waals surface area contributed by atoms with E-state index >= 15 is 0 Å². The van der Waals surface area contributed by atoms with E-state index in [-0.39, 0.29) is 0 Å². The maximum atomic E-state index is 12.6. The molecule has 1 aromatic heterocycles. The molecule has 2 heterocycles. The lowest BCUT2D eigenvalue weighted by Crippen LogP contribution is -2.48. The van der Waals surface area contributed by atoms with E-state index in [4.69, 9.17) is 4.74 Å². The SMILES string of the molecule is COc1ccc(C)cc1CN1CCN(S(=O)(=O)c2cccs2)CC1. The van der Waals surface area contributed by atoms with Crippen LogP contribution >= 0.6 is 11.3 Å². The van der Waals surface area contributed by atoms with Crippen LogP contribution in [0.1, 0.15) is 11.1 Å². The molecule has 0 radical (unpaired) electrons. The zero-order valence-corrected chi connectivity index (χ0v) is 15.6. The molecule has 2 aromatic rings. The molecule has 1 aromatic carbocycles. The molecule has 1 aliphatic rings. The smallest absolute Gasteiger partial charge is 0.252 e. The van der Waals surface area contributed by atoms with E-state index in [2.05, 4.69) is 17.9 Å². The molecule has 0 spiro atoms. The summed E-state index contributed by atoms with van der Waals surface area (Å²) in [5.41, 5.74) is 2.34. The summed E-state index contributed by atoms with van der Waals surface area (Å²) in [6, 6.07) is 9.60. The molecular formula is C17H22N2O3S2. The van der Waals surface area contributed by atoms with Gasteiger partial charge in [0.15, 0.2) is 0 Å². The first-order chi connectivity index (χ1) is 11.5. The molecule has 130 valence electrons. The van der Waals surface area contributed by atoms with Crippen LogP contribution in [0.5, 0.6) is 5.75 Å². The molecule has 1 aliphatic heterocycles. The summed E-state index contributed by atoms with van der Waals surface area (Å²) >= 11 is 1.27. The van der Waals surface area contributed by atoms with Crippen molar-refractivity contribution in [1.82, 2.24) is 9.21 Å². The van der Waals surface area contributed by atoms with Gasteiger partial charge >= 0.3 is 0 Å². The minimum Gasteiger partial charge on any atom is -0.496 e. The minimum atomic E-state index is -3.33. The summed E-state index contributed by atoms with van der Waals surface area (Å²) in [5.74, 6) is 0.884. The lowest BCUT2D eigenvalue weighted by molar-refractivity contribution is 0.180. The number of hydrogen-bond acceptors (Lipinski definition) is 5. The van der Waals surface area contributed by atoms with Gasteiger partial charge in [-0.1, -0.05) is 23.8 Å². The van der Waals surface area contributed by atoms with Gasteiger partial charge in [0.05, 0.1) is 7.11 Å². The summed E-state index contributed by atoms with van der Waals surface area (Å²) in [6.07, 6.45) is 0. The molecule has 1 saturated heterocycles. The number of hydrogen-bond donors (Lipinski definition) is 0. The van der Waals surface area contributed by atoms with Gasteiger partial charge in [-0.3, -0.25) is 4.90 Å². The van der Waals surface area contributed by atoms with Crippen LogP contribution in [-0.4, -0.2) is 50.9 Å². The molecule has 7 heteroatoms. The van der Waals surface area contributed by atoms with E-state index < -0.39 is 10.0 Å². The van der Waals surface area contributed by atoms with Crippen molar-refractivity contribution in [3.8, 4) is 5.75 Å². The zero-order valence-electron chi connectivity index (χ0n) is 13.9. The molecule has 0 unspecified atom stereocenters. The predicted molar refractivity (Wildman–Crippen MR) is 96.1 cm³/mol. The van der Waals surface area contributed by atoms with Gasteiger partial charge in [0.25, 0.3) is 10.0 Å². The Morgan fingerprint density at radius 3 is 2.54 bits per heavy atom. The number of benzene rings is 1. The summed E-state index contributed by atoms with van der Waals surface area (Å²) in [4.78, 5) is 2.28. The molecule has 3 rings (SSSR count). The second kappa shape index (κ2) is 7.23. The molecule has 1 fully saturated rings. The van der Waals surface area contributed by atoms with Gasteiger partial charge in [-0.25, -0.2) is 8.42 Å². The topological polar surface area (TPSA) is 49.9 Å². The van der Waals surface area contributed by atoms with Gasteiger partial charge < -0.3 is 4.74 Å². The number of nitrogens with zero attached hydrogens (tertiary/aromatic N) is 2. The molecule has 0 atom stereocenters. The van der Waals surface area contributed by atoms with Crippen molar-refractivity contribution >= 4 is 21.4 Å². The maximum absolute atomic E-state index is 12.6. The van der Waals surface area contributed by atoms with Crippen LogP contribution in [0.15, 0.2) is 39.9 Å². The number of aryl methyl sites for hydroxylation is 1. The number of ether oxygens (including phenoxy) is 1. The molecule has 0 saturated carbocycles. The quantitative estimate of drug-likeness (QED) is 0.816. The largest absolute Gasteiger partial charge is 0.496 e. The van der Waals surface area contributed by atoms with Crippen LogP contribution in [0, 0.1) is 6.92 Å². The molecule has 0 aliphatic carbocycles. The van der Waals surface area contributed by atoms with Gasteiger partial charge in [-0.05, 0) is 24.4 Å². The lowest BCUT2D eigenvalue weighted by Gasteiger charge is -2.34. The Morgan fingerprint density at radius 2 is 1.92 bits per heavy atom. The van der Waals surface area contributed by atoms with Gasteiger partial charge in [0, 0.05) is 38.3 Å². The van der Waals surface area contributed by atoms with Crippen LogP contribution < -0.4 is 4.74 Å². The Labute approximate surface area is 147 Å². The molecular weight excluding hydrogens is 344 g/mol. The van der Waals surface area contributed by atoms with E-state index in [0.717, 1.165) is 30.9 Å². The normalized spacial score (nSPS) is 17.1. The highest BCUT2D eigenvalue weighted by atomic mass is 32.2. The lowest BCUT2D eigenvalue weighted by atomic mass is 10.1. The highest BCUT2D eigenvalue weighted by Gasteiger charge is 2.29. The second-order valence-electron chi connectivity index (χ2n) is 5.93. The Bertz CT molecular complexity index is 780. The van der Waals surface area contributed by atoms with Crippen molar-refractivity contribution in [2.75, 3.05) is 33.3 Å². The Hall–Kier alpha value is -1.41. The average molecular weight is 367 g/mol. The molecule has 0 amide bonds. The molecule has 24 heavy (non-hydrogen) atoms. The third-order valence-electron chi connectivity index (χ3n) is 4.25. The minimum absolute atomic E-state index is 0.427. The van der Waals surface area contributed by atoms with E-state index in [1.54, 1.807) is 28.9 Å². The average Bonchev–Trinajstić information content (AvgIpc) is 3.11. The molecule has 0 N–H and O–H groups in total. The monoisotopic (exact) mass is 366 g/mol. The van der Waals surface area contributed by atoms with Crippen molar-refractivity contribution in [3.05, 3.63) is 46.8 Å². The second-order valence-corrected chi connectivity index (χ2v) is 9.04. The fourth-order valence-corrected chi connectivity index (χ4v) is 5.50. The summed E-state index contributed by atoms with van der Waals surface area (Å²) < 4.78 is 32.6. The van der Waals surface area contributed by atoms with Crippen molar-refractivity contribution in [2.45, 2.75) is 17.7 Å². The van der Waals surface area contributed by atoms with Gasteiger partial charge in [-0.2, -0.15) is 4.31 Å². The third kappa shape index (κ3) is 3.64. The Balaban J connectivity index is 1.65. The number of thiophene rings is 1. The fraction of sp³-hybridized carbons (Fsp3) is 0.412. The fourth-order valence-electron chi connectivity index (χ4n) is 2.94. The summed E-state index contributed by atoms with van der Waals surface area (Å²) in [5, 5.41) is 1.80. The Morgan fingerprint density at radius 1 is 1.17 bits per heavy atom. The third-order valence-corrected chi connectivity index (χ3v) is 7.52.